The van der Waals surface area contributed by atoms with Crippen LogP contribution in [-0.4, -0.2) is 16.2 Å². The number of fused-ring (bicyclic) bond motifs is 1. The number of aromatic nitrogens is 2. The normalized spacial score (nSPS) is 11.1. The molecular formula is C26H28N2O. The quantitative estimate of drug-likeness (QED) is 0.327. The molecule has 4 aromatic rings. The molecule has 1 heterocycles. The first-order chi connectivity index (χ1) is 14.2. The summed E-state index contributed by atoms with van der Waals surface area (Å²) in [6, 6.07) is 25.4. The Hall–Kier alpha value is -3.07. The monoisotopic (exact) mass is 384 g/mol. The van der Waals surface area contributed by atoms with Crippen molar-refractivity contribution in [3.63, 3.8) is 0 Å². The molecule has 0 bridgehead atoms. The summed E-state index contributed by atoms with van der Waals surface area (Å²) in [6.07, 6.45) is 3.12. The van der Waals surface area contributed by atoms with Crippen LogP contribution in [-0.2, 0) is 13.0 Å². The molecule has 0 saturated heterocycles. The van der Waals surface area contributed by atoms with Gasteiger partial charge in [-0.25, -0.2) is 4.98 Å². The number of unbranched alkanes of at least 4 members (excludes halogenated alkanes) is 1. The minimum Gasteiger partial charge on any atom is -0.494 e. The molecule has 4 rings (SSSR count). The van der Waals surface area contributed by atoms with E-state index < -0.39 is 0 Å². The van der Waals surface area contributed by atoms with Crippen molar-refractivity contribution in [3.05, 3.63) is 83.9 Å². The van der Waals surface area contributed by atoms with E-state index in [-0.39, 0.29) is 0 Å². The number of nitrogens with zero attached hydrogens (tertiary/aromatic N) is 2. The van der Waals surface area contributed by atoms with Crippen molar-refractivity contribution in [2.45, 2.75) is 39.7 Å². The topological polar surface area (TPSA) is 27.1 Å². The van der Waals surface area contributed by atoms with Crippen LogP contribution in [0.2, 0.25) is 0 Å². The van der Waals surface area contributed by atoms with Crippen LogP contribution >= 0.6 is 0 Å². The van der Waals surface area contributed by atoms with Gasteiger partial charge in [0.1, 0.15) is 11.6 Å². The van der Waals surface area contributed by atoms with E-state index in [9.17, 15) is 0 Å². The molecule has 3 heteroatoms. The summed E-state index contributed by atoms with van der Waals surface area (Å²) in [4.78, 5) is 4.91. The Bertz CT molecular complexity index is 1060. The van der Waals surface area contributed by atoms with Gasteiger partial charge >= 0.3 is 0 Å². The van der Waals surface area contributed by atoms with Gasteiger partial charge in [0, 0.05) is 12.1 Å². The highest BCUT2D eigenvalue weighted by molar-refractivity contribution is 5.80. The summed E-state index contributed by atoms with van der Waals surface area (Å²) >= 11 is 0. The zero-order valence-corrected chi connectivity index (χ0v) is 17.3. The van der Waals surface area contributed by atoms with Gasteiger partial charge in [-0.05, 0) is 56.0 Å². The minimum absolute atomic E-state index is 0.734. The van der Waals surface area contributed by atoms with Gasteiger partial charge in [-0.3, -0.25) is 0 Å². The van der Waals surface area contributed by atoms with Gasteiger partial charge in [0.15, 0.2) is 0 Å². The number of imidazole rings is 1. The van der Waals surface area contributed by atoms with E-state index in [2.05, 4.69) is 91.2 Å². The number of aryl methyl sites for hydroxylation is 3. The highest BCUT2D eigenvalue weighted by atomic mass is 16.5. The maximum Gasteiger partial charge on any atom is 0.141 e. The smallest absolute Gasteiger partial charge is 0.141 e. The van der Waals surface area contributed by atoms with E-state index >= 15 is 0 Å². The van der Waals surface area contributed by atoms with E-state index in [1.165, 1.54) is 22.2 Å². The van der Waals surface area contributed by atoms with Crippen LogP contribution in [0.25, 0.3) is 22.4 Å². The Balaban J connectivity index is 1.43. The Morgan fingerprint density at radius 1 is 0.862 bits per heavy atom. The average Bonchev–Trinajstić information content (AvgIpc) is 3.13. The van der Waals surface area contributed by atoms with Crippen LogP contribution < -0.4 is 4.74 Å². The number of para-hydroxylation sites is 2. The van der Waals surface area contributed by atoms with E-state index in [1.54, 1.807) is 0 Å². The molecule has 3 aromatic carbocycles. The number of rotatable bonds is 8. The number of benzene rings is 3. The first kappa shape index (κ1) is 19.3. The van der Waals surface area contributed by atoms with E-state index in [0.717, 1.165) is 49.5 Å². The highest BCUT2D eigenvalue weighted by Crippen LogP contribution is 2.25. The third-order valence-corrected chi connectivity index (χ3v) is 5.34. The fourth-order valence-corrected chi connectivity index (χ4v) is 3.61. The molecule has 0 aliphatic heterocycles. The molecule has 0 aliphatic rings. The van der Waals surface area contributed by atoms with Crippen molar-refractivity contribution in [1.29, 1.82) is 0 Å². The summed E-state index contributed by atoms with van der Waals surface area (Å²) in [5.41, 5.74) is 6.02. The second-order valence-electron chi connectivity index (χ2n) is 7.49. The molecule has 148 valence electrons. The molecule has 0 spiro atoms. The van der Waals surface area contributed by atoms with Crippen molar-refractivity contribution in [1.82, 2.24) is 9.55 Å². The molecule has 0 unspecified atom stereocenters. The summed E-state index contributed by atoms with van der Waals surface area (Å²) in [5.74, 6) is 2.00. The molecule has 0 saturated carbocycles. The minimum atomic E-state index is 0.734. The lowest BCUT2D eigenvalue weighted by Crippen LogP contribution is -2.04. The fraction of sp³-hybridized carbons (Fsp3) is 0.269. The predicted molar refractivity (Wildman–Crippen MR) is 120 cm³/mol. The Labute approximate surface area is 173 Å². The Morgan fingerprint density at radius 3 is 2.38 bits per heavy atom. The van der Waals surface area contributed by atoms with Gasteiger partial charge < -0.3 is 9.30 Å². The van der Waals surface area contributed by atoms with Crippen molar-refractivity contribution in [2.75, 3.05) is 6.61 Å². The van der Waals surface area contributed by atoms with Gasteiger partial charge in [-0.15, -0.1) is 0 Å². The van der Waals surface area contributed by atoms with E-state index in [1.807, 2.05) is 0 Å². The van der Waals surface area contributed by atoms with Gasteiger partial charge in [-0.1, -0.05) is 61.0 Å². The summed E-state index contributed by atoms with van der Waals surface area (Å²) in [7, 11) is 0. The lowest BCUT2D eigenvalue weighted by atomic mass is 10.1. The maximum atomic E-state index is 5.92. The second kappa shape index (κ2) is 8.95. The molecule has 0 radical (unpaired) electrons. The SMILES string of the molecule is CCc1ccc(OCCCCn2c(-c3ccc(C)cc3)nc3ccccc32)cc1. The van der Waals surface area contributed by atoms with E-state index in [0.29, 0.717) is 0 Å². The van der Waals surface area contributed by atoms with Crippen molar-refractivity contribution in [2.24, 2.45) is 0 Å². The molecule has 0 fully saturated rings. The van der Waals surface area contributed by atoms with Crippen LogP contribution in [0.3, 0.4) is 0 Å². The largest absolute Gasteiger partial charge is 0.494 e. The third-order valence-electron chi connectivity index (χ3n) is 5.34. The number of hydrogen-bond donors (Lipinski definition) is 0. The van der Waals surface area contributed by atoms with Crippen molar-refractivity contribution >= 4 is 11.0 Å². The van der Waals surface area contributed by atoms with Crippen LogP contribution in [0.1, 0.15) is 30.9 Å². The van der Waals surface area contributed by atoms with Crippen LogP contribution in [0.15, 0.2) is 72.8 Å². The maximum absolute atomic E-state index is 5.92. The first-order valence-electron chi connectivity index (χ1n) is 10.5. The van der Waals surface area contributed by atoms with Crippen LogP contribution in [0, 0.1) is 6.92 Å². The van der Waals surface area contributed by atoms with Crippen molar-refractivity contribution in [3.8, 4) is 17.1 Å². The molecule has 0 aliphatic carbocycles. The molecule has 1 aromatic heterocycles. The molecule has 0 N–H and O–H groups in total. The standard InChI is InChI=1S/C26H28N2O/c1-3-21-12-16-23(17-13-21)29-19-7-6-18-28-25-9-5-4-8-24(25)27-26(28)22-14-10-20(2)11-15-22/h4-5,8-17H,3,6-7,18-19H2,1-2H3. The summed E-state index contributed by atoms with van der Waals surface area (Å²) in [5, 5.41) is 0. The lowest BCUT2D eigenvalue weighted by molar-refractivity contribution is 0.303. The first-order valence-corrected chi connectivity index (χ1v) is 10.5. The Kier molecular flexibility index (Phi) is 5.95. The van der Waals surface area contributed by atoms with Gasteiger partial charge in [0.25, 0.3) is 0 Å². The average molecular weight is 385 g/mol. The number of hydrogen-bond acceptors (Lipinski definition) is 2. The van der Waals surface area contributed by atoms with Crippen molar-refractivity contribution < 1.29 is 4.74 Å². The fourth-order valence-electron chi connectivity index (χ4n) is 3.61. The molecule has 3 nitrogen and oxygen atoms in total. The van der Waals surface area contributed by atoms with Crippen LogP contribution in [0.5, 0.6) is 5.75 Å². The summed E-state index contributed by atoms with van der Waals surface area (Å²) < 4.78 is 8.26. The van der Waals surface area contributed by atoms with Gasteiger partial charge in [0.2, 0.25) is 0 Å². The molecule has 0 amide bonds. The number of ether oxygens (including phenoxy) is 1. The van der Waals surface area contributed by atoms with E-state index in [4.69, 9.17) is 9.72 Å². The van der Waals surface area contributed by atoms with Crippen LogP contribution in [0.4, 0.5) is 0 Å². The molecule has 29 heavy (non-hydrogen) atoms. The predicted octanol–water partition coefficient (Wildman–Crippen LogP) is 6.43. The second-order valence-corrected chi connectivity index (χ2v) is 7.49. The summed E-state index contributed by atoms with van der Waals surface area (Å²) in [6.45, 7) is 5.95. The highest BCUT2D eigenvalue weighted by Gasteiger charge is 2.12. The van der Waals surface area contributed by atoms with Gasteiger partial charge in [0.05, 0.1) is 17.6 Å². The van der Waals surface area contributed by atoms with Gasteiger partial charge in [-0.2, -0.15) is 0 Å². The molecular weight excluding hydrogens is 356 g/mol. The zero-order chi connectivity index (χ0) is 20.1. The molecule has 0 atom stereocenters. The zero-order valence-electron chi connectivity index (χ0n) is 17.3. The lowest BCUT2D eigenvalue weighted by Gasteiger charge is -2.11. The Morgan fingerprint density at radius 2 is 1.62 bits per heavy atom. The third kappa shape index (κ3) is 4.51.